The van der Waals surface area contributed by atoms with E-state index in [-0.39, 0.29) is 0 Å². The van der Waals surface area contributed by atoms with Gasteiger partial charge in [0, 0.05) is 10.5 Å². The molecule has 4 aliphatic carbocycles. The second-order valence-electron chi connectivity index (χ2n) is 6.73. The highest BCUT2D eigenvalue weighted by atomic mass is 79.9. The minimum Gasteiger partial charge on any atom is -0.381 e. The zero-order valence-electron chi connectivity index (χ0n) is 10.9. The molecule has 4 saturated carbocycles. The first kappa shape index (κ1) is 12.5. The monoisotopic (exact) mass is 339 g/mol. The molecule has 0 radical (unpaired) electrons. The van der Waals surface area contributed by atoms with Crippen LogP contribution in [0, 0.1) is 23.7 Å². The third-order valence-electron chi connectivity index (χ3n) is 5.48. The molecule has 4 fully saturated rings. The first-order valence-electron chi connectivity index (χ1n) is 7.40. The van der Waals surface area contributed by atoms with E-state index in [4.69, 9.17) is 11.6 Å². The maximum absolute atomic E-state index is 6.35. The second-order valence-corrected chi connectivity index (χ2v) is 8.05. The normalized spacial score (nSPS) is 39.6. The summed E-state index contributed by atoms with van der Waals surface area (Å²) in [6.45, 7) is 0. The standard InChI is InChI=1S/C16H19BrClN/c17-13-1-2-15(14(18)8-13)19-16-11-4-9-3-10(6-11)7-12(16)5-9/h1-2,8-12,16,19H,3-7H2. The summed E-state index contributed by atoms with van der Waals surface area (Å²) in [4.78, 5) is 0. The highest BCUT2D eigenvalue weighted by Gasteiger charge is 2.48. The van der Waals surface area contributed by atoms with Gasteiger partial charge in [0.15, 0.2) is 0 Å². The van der Waals surface area contributed by atoms with Crippen LogP contribution >= 0.6 is 27.5 Å². The molecule has 3 heteroatoms. The van der Waals surface area contributed by atoms with Crippen LogP contribution < -0.4 is 5.32 Å². The van der Waals surface area contributed by atoms with E-state index >= 15 is 0 Å². The predicted molar refractivity (Wildman–Crippen MR) is 83.6 cm³/mol. The number of anilines is 1. The van der Waals surface area contributed by atoms with Crippen LogP contribution in [0.25, 0.3) is 0 Å². The van der Waals surface area contributed by atoms with Gasteiger partial charge in [-0.15, -0.1) is 0 Å². The van der Waals surface area contributed by atoms with Crippen LogP contribution in [0.2, 0.25) is 5.02 Å². The molecule has 1 nitrogen and oxygen atoms in total. The summed E-state index contributed by atoms with van der Waals surface area (Å²) < 4.78 is 1.05. The molecule has 102 valence electrons. The van der Waals surface area contributed by atoms with E-state index in [1.54, 1.807) is 0 Å². The molecular weight excluding hydrogens is 322 g/mol. The highest BCUT2D eigenvalue weighted by Crippen LogP contribution is 2.54. The summed E-state index contributed by atoms with van der Waals surface area (Å²) in [7, 11) is 0. The molecule has 0 spiro atoms. The Kier molecular flexibility index (Phi) is 3.07. The Morgan fingerprint density at radius 3 is 2.21 bits per heavy atom. The van der Waals surface area contributed by atoms with Crippen molar-refractivity contribution in [2.75, 3.05) is 5.32 Å². The fraction of sp³-hybridized carbons (Fsp3) is 0.625. The first-order valence-corrected chi connectivity index (χ1v) is 8.57. The van der Waals surface area contributed by atoms with E-state index in [1.165, 1.54) is 32.1 Å². The van der Waals surface area contributed by atoms with E-state index in [0.717, 1.165) is 38.9 Å². The van der Waals surface area contributed by atoms with E-state index < -0.39 is 0 Å². The average molecular weight is 341 g/mol. The molecule has 19 heavy (non-hydrogen) atoms. The molecule has 1 aromatic carbocycles. The minimum atomic E-state index is 0.659. The average Bonchev–Trinajstić information content (AvgIpc) is 2.35. The van der Waals surface area contributed by atoms with E-state index in [2.05, 4.69) is 33.4 Å². The number of nitrogens with one attached hydrogen (secondary N) is 1. The van der Waals surface area contributed by atoms with Crippen molar-refractivity contribution in [3.8, 4) is 0 Å². The first-order chi connectivity index (χ1) is 9.19. The largest absolute Gasteiger partial charge is 0.381 e. The van der Waals surface area contributed by atoms with Gasteiger partial charge in [0.1, 0.15) is 0 Å². The molecule has 0 unspecified atom stereocenters. The summed E-state index contributed by atoms with van der Waals surface area (Å²) in [6, 6.07) is 6.83. The van der Waals surface area contributed by atoms with E-state index in [1.807, 2.05) is 6.07 Å². The van der Waals surface area contributed by atoms with Crippen LogP contribution in [-0.4, -0.2) is 6.04 Å². The molecule has 4 aliphatic rings. The third kappa shape index (κ3) is 2.21. The molecule has 5 rings (SSSR count). The van der Waals surface area contributed by atoms with Gasteiger partial charge < -0.3 is 5.32 Å². The lowest BCUT2D eigenvalue weighted by molar-refractivity contribution is 0.00754. The van der Waals surface area contributed by atoms with Gasteiger partial charge in [-0.25, -0.2) is 0 Å². The number of rotatable bonds is 2. The third-order valence-corrected chi connectivity index (χ3v) is 6.29. The minimum absolute atomic E-state index is 0.659. The fourth-order valence-corrected chi connectivity index (χ4v) is 5.67. The number of benzene rings is 1. The number of halogens is 2. The van der Waals surface area contributed by atoms with Crippen LogP contribution in [-0.2, 0) is 0 Å². The van der Waals surface area contributed by atoms with Crippen molar-refractivity contribution in [2.45, 2.75) is 38.1 Å². The predicted octanol–water partition coefficient (Wildman–Crippen LogP) is 5.34. The molecule has 1 aromatic rings. The Bertz CT molecular complexity index is 474. The molecule has 0 saturated heterocycles. The number of hydrogen-bond donors (Lipinski definition) is 1. The van der Waals surface area contributed by atoms with Gasteiger partial charge in [0.25, 0.3) is 0 Å². The van der Waals surface area contributed by atoms with Gasteiger partial charge in [-0.3, -0.25) is 0 Å². The van der Waals surface area contributed by atoms with Crippen LogP contribution in [0.1, 0.15) is 32.1 Å². The summed E-state index contributed by atoms with van der Waals surface area (Å²) in [5.41, 5.74) is 1.11. The molecule has 0 aromatic heterocycles. The van der Waals surface area contributed by atoms with Crippen LogP contribution in [0.15, 0.2) is 22.7 Å². The van der Waals surface area contributed by atoms with Gasteiger partial charge in [0.05, 0.1) is 10.7 Å². The topological polar surface area (TPSA) is 12.0 Å². The van der Waals surface area contributed by atoms with Crippen LogP contribution in [0.3, 0.4) is 0 Å². The van der Waals surface area contributed by atoms with Gasteiger partial charge in [-0.05, 0) is 74.0 Å². The van der Waals surface area contributed by atoms with Crippen molar-refractivity contribution < 1.29 is 0 Å². The molecule has 0 heterocycles. The molecule has 1 N–H and O–H groups in total. The quantitative estimate of drug-likeness (QED) is 0.766. The van der Waals surface area contributed by atoms with Crippen molar-refractivity contribution in [3.63, 3.8) is 0 Å². The molecule has 4 bridgehead atoms. The van der Waals surface area contributed by atoms with Gasteiger partial charge >= 0.3 is 0 Å². The van der Waals surface area contributed by atoms with Gasteiger partial charge in [0.2, 0.25) is 0 Å². The Hall–Kier alpha value is -0.210. The lowest BCUT2D eigenvalue weighted by Crippen LogP contribution is -2.51. The smallest absolute Gasteiger partial charge is 0.0648 e. The SMILES string of the molecule is Clc1cc(Br)ccc1NC1C2CC3CC(C2)CC1C3. The summed E-state index contributed by atoms with van der Waals surface area (Å²) >= 11 is 9.82. The van der Waals surface area contributed by atoms with Crippen molar-refractivity contribution in [1.29, 1.82) is 0 Å². The highest BCUT2D eigenvalue weighted by molar-refractivity contribution is 9.10. The lowest BCUT2D eigenvalue weighted by atomic mass is 9.54. The maximum atomic E-state index is 6.35. The van der Waals surface area contributed by atoms with Crippen LogP contribution in [0.5, 0.6) is 0 Å². The zero-order valence-corrected chi connectivity index (χ0v) is 13.3. The lowest BCUT2D eigenvalue weighted by Gasteiger charge is -2.54. The zero-order chi connectivity index (χ0) is 13.0. The molecule has 0 amide bonds. The molecule has 0 aliphatic heterocycles. The number of hydrogen-bond acceptors (Lipinski definition) is 1. The fourth-order valence-electron chi connectivity index (χ4n) is 4.95. The Morgan fingerprint density at radius 2 is 1.63 bits per heavy atom. The Labute approximate surface area is 128 Å². The molecular formula is C16H19BrClN. The summed E-state index contributed by atoms with van der Waals surface area (Å²) in [6.07, 6.45) is 7.29. The van der Waals surface area contributed by atoms with Crippen molar-refractivity contribution >= 4 is 33.2 Å². The van der Waals surface area contributed by atoms with Crippen LogP contribution in [0.4, 0.5) is 5.69 Å². The van der Waals surface area contributed by atoms with E-state index in [0.29, 0.717) is 6.04 Å². The van der Waals surface area contributed by atoms with Crippen molar-refractivity contribution in [2.24, 2.45) is 23.7 Å². The van der Waals surface area contributed by atoms with Gasteiger partial charge in [-0.2, -0.15) is 0 Å². The Morgan fingerprint density at radius 1 is 1.00 bits per heavy atom. The Balaban J connectivity index is 1.56. The summed E-state index contributed by atoms with van der Waals surface area (Å²) in [5.74, 6) is 3.83. The van der Waals surface area contributed by atoms with Crippen molar-refractivity contribution in [3.05, 3.63) is 27.7 Å². The molecule has 0 atom stereocenters. The maximum Gasteiger partial charge on any atom is 0.0648 e. The second kappa shape index (κ2) is 4.66. The summed E-state index contributed by atoms with van der Waals surface area (Å²) in [5, 5.41) is 4.60. The van der Waals surface area contributed by atoms with E-state index in [9.17, 15) is 0 Å². The van der Waals surface area contributed by atoms with Gasteiger partial charge in [-0.1, -0.05) is 27.5 Å². The van der Waals surface area contributed by atoms with Crippen molar-refractivity contribution in [1.82, 2.24) is 0 Å².